The van der Waals surface area contributed by atoms with Crippen LogP contribution in [0.15, 0.2) is 40.8 Å². The van der Waals surface area contributed by atoms with Gasteiger partial charge in [0.15, 0.2) is 0 Å². The lowest BCUT2D eigenvalue weighted by Gasteiger charge is -2.02. The minimum atomic E-state index is -0.584. The first-order valence-electron chi connectivity index (χ1n) is 5.11. The van der Waals surface area contributed by atoms with Crippen molar-refractivity contribution in [3.8, 4) is 11.3 Å². The predicted molar refractivity (Wildman–Crippen MR) is 67.6 cm³/mol. The van der Waals surface area contributed by atoms with Gasteiger partial charge in [0.2, 0.25) is 0 Å². The maximum Gasteiger partial charge on any atom is 0.134 e. The molecule has 3 heteroatoms. The molecule has 16 heavy (non-hydrogen) atoms. The van der Waals surface area contributed by atoms with Gasteiger partial charge in [-0.15, -0.1) is 0 Å². The third-order valence-electron chi connectivity index (χ3n) is 2.44. The van der Waals surface area contributed by atoms with Gasteiger partial charge in [-0.3, -0.25) is 0 Å². The number of halogens is 1. The fraction of sp³-hybridized carbons (Fsp3) is 0.231. The van der Waals surface area contributed by atoms with Crippen LogP contribution in [-0.2, 0) is 0 Å². The minimum absolute atomic E-state index is 0.480. The Bertz CT molecular complexity index is 459. The molecule has 1 atom stereocenters. The first-order valence-corrected chi connectivity index (χ1v) is 6.23. The number of aryl methyl sites for hydroxylation is 1. The molecule has 1 N–H and O–H groups in total. The van der Waals surface area contributed by atoms with Crippen LogP contribution in [0.2, 0.25) is 0 Å². The maximum absolute atomic E-state index is 9.59. The van der Waals surface area contributed by atoms with Crippen LogP contribution in [0.25, 0.3) is 11.3 Å². The van der Waals surface area contributed by atoms with Gasteiger partial charge in [0.25, 0.3) is 0 Å². The molecule has 1 aromatic carbocycles. The van der Waals surface area contributed by atoms with E-state index in [0.717, 1.165) is 11.3 Å². The molecule has 0 bridgehead atoms. The summed E-state index contributed by atoms with van der Waals surface area (Å²) < 4.78 is 5.58. The summed E-state index contributed by atoms with van der Waals surface area (Å²) in [4.78, 5) is 0. The van der Waals surface area contributed by atoms with Gasteiger partial charge in [-0.1, -0.05) is 45.8 Å². The average molecular weight is 281 g/mol. The Kier molecular flexibility index (Phi) is 3.46. The molecule has 2 aromatic rings. The number of aliphatic hydroxyl groups excluding tert-OH is 1. The lowest BCUT2D eigenvalue weighted by atomic mass is 10.1. The summed E-state index contributed by atoms with van der Waals surface area (Å²) in [6.45, 7) is 2.05. The number of rotatable bonds is 3. The highest BCUT2D eigenvalue weighted by atomic mass is 79.9. The topological polar surface area (TPSA) is 33.4 Å². The van der Waals surface area contributed by atoms with E-state index >= 15 is 0 Å². The lowest BCUT2D eigenvalue weighted by molar-refractivity contribution is 0.176. The Hall–Kier alpha value is -1.06. The normalized spacial score (nSPS) is 12.7. The van der Waals surface area contributed by atoms with Gasteiger partial charge in [0.05, 0.1) is 0 Å². The molecule has 1 heterocycles. The number of hydrogen-bond donors (Lipinski definition) is 1. The molecule has 0 saturated heterocycles. The van der Waals surface area contributed by atoms with Crippen LogP contribution < -0.4 is 0 Å². The van der Waals surface area contributed by atoms with Crippen molar-refractivity contribution in [3.63, 3.8) is 0 Å². The summed E-state index contributed by atoms with van der Waals surface area (Å²) in [5, 5.41) is 10.1. The highest BCUT2D eigenvalue weighted by molar-refractivity contribution is 9.09. The van der Waals surface area contributed by atoms with Crippen LogP contribution in [0.4, 0.5) is 0 Å². The van der Waals surface area contributed by atoms with Crippen molar-refractivity contribution < 1.29 is 9.52 Å². The van der Waals surface area contributed by atoms with Gasteiger partial charge < -0.3 is 9.52 Å². The van der Waals surface area contributed by atoms with Gasteiger partial charge >= 0.3 is 0 Å². The van der Waals surface area contributed by atoms with E-state index in [0.29, 0.717) is 11.1 Å². The Labute approximate surface area is 103 Å². The number of aliphatic hydroxyl groups is 1. The number of alkyl halides is 1. The molecule has 0 aliphatic rings. The summed E-state index contributed by atoms with van der Waals surface area (Å²) >= 11 is 3.22. The van der Waals surface area contributed by atoms with Crippen molar-refractivity contribution >= 4 is 15.9 Å². The Balaban J connectivity index is 2.28. The van der Waals surface area contributed by atoms with E-state index in [2.05, 4.69) is 15.9 Å². The molecule has 2 rings (SSSR count). The van der Waals surface area contributed by atoms with E-state index < -0.39 is 6.10 Å². The van der Waals surface area contributed by atoms with Gasteiger partial charge in [-0.25, -0.2) is 0 Å². The van der Waals surface area contributed by atoms with Crippen LogP contribution >= 0.6 is 15.9 Å². The van der Waals surface area contributed by atoms with Crippen molar-refractivity contribution in [2.75, 3.05) is 5.33 Å². The fourth-order valence-electron chi connectivity index (χ4n) is 1.48. The number of furan rings is 1. The van der Waals surface area contributed by atoms with Crippen molar-refractivity contribution in [2.45, 2.75) is 13.0 Å². The quantitative estimate of drug-likeness (QED) is 0.870. The summed E-state index contributed by atoms with van der Waals surface area (Å²) in [7, 11) is 0. The van der Waals surface area contributed by atoms with Crippen molar-refractivity contribution in [3.05, 3.63) is 47.7 Å². The summed E-state index contributed by atoms with van der Waals surface area (Å²) in [5.41, 5.74) is 2.25. The van der Waals surface area contributed by atoms with Crippen LogP contribution in [-0.4, -0.2) is 10.4 Å². The lowest BCUT2D eigenvalue weighted by Crippen LogP contribution is -1.94. The van der Waals surface area contributed by atoms with Crippen molar-refractivity contribution in [1.82, 2.24) is 0 Å². The molecule has 84 valence electrons. The van der Waals surface area contributed by atoms with Crippen molar-refractivity contribution in [1.29, 1.82) is 0 Å². The molecule has 0 spiro atoms. The first-order chi connectivity index (χ1) is 7.70. The maximum atomic E-state index is 9.59. The molecular formula is C13H13BrO2. The van der Waals surface area contributed by atoms with Crippen LogP contribution in [0, 0.1) is 6.92 Å². The first kappa shape index (κ1) is 11.4. The molecule has 0 saturated carbocycles. The molecule has 0 fully saturated rings. The highest BCUT2D eigenvalue weighted by Crippen LogP contribution is 2.26. The predicted octanol–water partition coefficient (Wildman–Crippen LogP) is 3.68. The molecule has 0 aliphatic heterocycles. The number of hydrogen-bond acceptors (Lipinski definition) is 2. The summed E-state index contributed by atoms with van der Waals surface area (Å²) in [6.07, 6.45) is -0.584. The molecule has 1 aromatic heterocycles. The second kappa shape index (κ2) is 4.85. The smallest absolute Gasteiger partial charge is 0.134 e. The molecule has 0 amide bonds. The zero-order valence-corrected chi connectivity index (χ0v) is 10.6. The van der Waals surface area contributed by atoms with E-state index in [-0.39, 0.29) is 0 Å². The SMILES string of the molecule is Cc1ccc(-c2ccc(C(O)CBr)o2)cc1. The summed E-state index contributed by atoms with van der Waals surface area (Å²) in [6, 6.07) is 11.8. The molecule has 0 radical (unpaired) electrons. The van der Waals surface area contributed by atoms with E-state index in [1.807, 2.05) is 37.3 Å². The van der Waals surface area contributed by atoms with Gasteiger partial charge in [-0.05, 0) is 19.1 Å². The van der Waals surface area contributed by atoms with Crippen LogP contribution in [0.1, 0.15) is 17.4 Å². The third kappa shape index (κ3) is 2.36. The minimum Gasteiger partial charge on any atom is -0.458 e. The number of benzene rings is 1. The van der Waals surface area contributed by atoms with Gasteiger partial charge in [0.1, 0.15) is 17.6 Å². The zero-order valence-electron chi connectivity index (χ0n) is 8.98. The van der Waals surface area contributed by atoms with Gasteiger partial charge in [0, 0.05) is 10.9 Å². The fourth-order valence-corrected chi connectivity index (χ4v) is 1.80. The third-order valence-corrected chi connectivity index (χ3v) is 3.05. The second-order valence-electron chi connectivity index (χ2n) is 3.74. The molecule has 2 nitrogen and oxygen atoms in total. The molecular weight excluding hydrogens is 268 g/mol. The summed E-state index contributed by atoms with van der Waals surface area (Å²) in [5.74, 6) is 1.38. The second-order valence-corrected chi connectivity index (χ2v) is 4.39. The zero-order chi connectivity index (χ0) is 11.5. The van der Waals surface area contributed by atoms with E-state index in [4.69, 9.17) is 4.42 Å². The van der Waals surface area contributed by atoms with E-state index in [1.165, 1.54) is 5.56 Å². The Morgan fingerprint density at radius 1 is 1.19 bits per heavy atom. The van der Waals surface area contributed by atoms with Gasteiger partial charge in [-0.2, -0.15) is 0 Å². The Morgan fingerprint density at radius 2 is 1.88 bits per heavy atom. The molecule has 1 unspecified atom stereocenters. The largest absolute Gasteiger partial charge is 0.458 e. The molecule has 0 aliphatic carbocycles. The van der Waals surface area contributed by atoms with E-state index in [9.17, 15) is 5.11 Å². The Morgan fingerprint density at radius 3 is 2.50 bits per heavy atom. The highest BCUT2D eigenvalue weighted by Gasteiger charge is 2.11. The van der Waals surface area contributed by atoms with E-state index in [1.54, 1.807) is 6.07 Å². The van der Waals surface area contributed by atoms with Crippen LogP contribution in [0.5, 0.6) is 0 Å². The monoisotopic (exact) mass is 280 g/mol. The van der Waals surface area contributed by atoms with Crippen LogP contribution in [0.3, 0.4) is 0 Å². The average Bonchev–Trinajstić information content (AvgIpc) is 2.78. The van der Waals surface area contributed by atoms with Crippen molar-refractivity contribution in [2.24, 2.45) is 0 Å². The standard InChI is InChI=1S/C13H13BrO2/c1-9-2-4-10(5-3-9)12-6-7-13(16-12)11(15)8-14/h2-7,11,15H,8H2,1H3.